The van der Waals surface area contributed by atoms with Crippen LogP contribution < -0.4 is 31.3 Å². The molecule has 0 aliphatic carbocycles. The first kappa shape index (κ1) is 27.4. The zero-order valence-corrected chi connectivity index (χ0v) is 21.9. The first-order chi connectivity index (χ1) is 17.7. The molecule has 11 nitrogen and oxygen atoms in total. The Morgan fingerprint density at radius 2 is 1.76 bits per heavy atom. The number of carbonyl (C=O) groups is 3. The van der Waals surface area contributed by atoms with Gasteiger partial charge in [0.25, 0.3) is 11.8 Å². The lowest BCUT2D eigenvalue weighted by Crippen LogP contribution is -2.45. The molecule has 0 saturated carbocycles. The van der Waals surface area contributed by atoms with Gasteiger partial charge in [-0.2, -0.15) is 4.37 Å². The van der Waals surface area contributed by atoms with E-state index >= 15 is 0 Å². The highest BCUT2D eigenvalue weighted by atomic mass is 32.1. The van der Waals surface area contributed by atoms with Crippen molar-refractivity contribution in [1.82, 2.24) is 9.69 Å². The quantitative estimate of drug-likeness (QED) is 0.321. The fourth-order valence-corrected chi connectivity index (χ4v) is 4.42. The Morgan fingerprint density at radius 3 is 2.32 bits per heavy atom. The molecule has 0 aliphatic heterocycles. The van der Waals surface area contributed by atoms with Gasteiger partial charge in [0.2, 0.25) is 5.91 Å². The molecular weight excluding hydrogens is 496 g/mol. The summed E-state index contributed by atoms with van der Waals surface area (Å²) >= 11 is 0.735. The number of hydrogen-bond acceptors (Lipinski definition) is 9. The third-order valence-electron chi connectivity index (χ3n) is 5.56. The largest absolute Gasteiger partial charge is 0.495 e. The van der Waals surface area contributed by atoms with Crippen LogP contribution in [0.2, 0.25) is 0 Å². The molecule has 196 valence electrons. The average Bonchev–Trinajstić information content (AvgIpc) is 3.28. The number of carbonyl (C=O) groups excluding carboxylic acids is 3. The van der Waals surface area contributed by atoms with Crippen molar-refractivity contribution in [2.75, 3.05) is 57.0 Å². The van der Waals surface area contributed by atoms with Gasteiger partial charge < -0.3 is 31.2 Å². The normalized spacial score (nSPS) is 11.5. The van der Waals surface area contributed by atoms with E-state index < -0.39 is 23.8 Å². The first-order valence-corrected chi connectivity index (χ1v) is 12.0. The van der Waals surface area contributed by atoms with Crippen LogP contribution in [0.1, 0.15) is 31.8 Å². The molecule has 0 aliphatic rings. The van der Waals surface area contributed by atoms with E-state index in [1.54, 1.807) is 36.4 Å². The number of benzene rings is 2. The summed E-state index contributed by atoms with van der Waals surface area (Å²) in [6.07, 6.45) is 0. The Hall–Kier alpha value is -4.16. The first-order valence-electron chi connectivity index (χ1n) is 11.3. The van der Waals surface area contributed by atoms with Crippen LogP contribution in [0.5, 0.6) is 5.75 Å². The van der Waals surface area contributed by atoms with Crippen LogP contribution in [0, 0.1) is 0 Å². The summed E-state index contributed by atoms with van der Waals surface area (Å²) in [6, 6.07) is 12.9. The second kappa shape index (κ2) is 12.2. The Morgan fingerprint density at radius 1 is 1.08 bits per heavy atom. The minimum Gasteiger partial charge on any atom is -0.495 e. The second-order valence-corrected chi connectivity index (χ2v) is 8.93. The van der Waals surface area contributed by atoms with Gasteiger partial charge in [-0.3, -0.25) is 19.3 Å². The molecule has 37 heavy (non-hydrogen) atoms. The van der Waals surface area contributed by atoms with Gasteiger partial charge in [-0.1, -0.05) is 24.3 Å². The zero-order valence-electron chi connectivity index (χ0n) is 21.1. The molecular formula is C25H30N6O5S. The van der Waals surface area contributed by atoms with Crippen LogP contribution in [0.25, 0.3) is 0 Å². The Balaban J connectivity index is 2.22. The van der Waals surface area contributed by atoms with E-state index in [9.17, 15) is 14.4 Å². The van der Waals surface area contributed by atoms with Crippen molar-refractivity contribution in [3.8, 4) is 5.75 Å². The predicted molar refractivity (Wildman–Crippen MR) is 143 cm³/mol. The van der Waals surface area contributed by atoms with E-state index in [1.165, 1.54) is 19.1 Å². The van der Waals surface area contributed by atoms with Crippen molar-refractivity contribution in [3.05, 3.63) is 64.7 Å². The molecule has 0 saturated heterocycles. The fraction of sp³-hybridized carbons (Fsp3) is 0.280. The SMILES string of the molecule is COCCNC(=O)[C@H](c1ccc(N(C)C)cc1)N(C(=O)c1snc(C(N)=O)c1N)c1ccccc1OC. The number of methoxy groups -OCH3 is 2. The van der Waals surface area contributed by atoms with Crippen molar-refractivity contribution in [3.63, 3.8) is 0 Å². The summed E-state index contributed by atoms with van der Waals surface area (Å²) < 4.78 is 14.6. The van der Waals surface area contributed by atoms with Gasteiger partial charge in [-0.05, 0) is 41.4 Å². The molecule has 3 aromatic rings. The zero-order chi connectivity index (χ0) is 27.1. The lowest BCUT2D eigenvalue weighted by Gasteiger charge is -2.32. The van der Waals surface area contributed by atoms with E-state index in [2.05, 4.69) is 9.69 Å². The van der Waals surface area contributed by atoms with E-state index in [0.717, 1.165) is 17.2 Å². The van der Waals surface area contributed by atoms with E-state index in [-0.39, 0.29) is 29.4 Å². The number of nitrogens with one attached hydrogen (secondary N) is 1. The minimum atomic E-state index is -1.13. The molecule has 0 spiro atoms. The van der Waals surface area contributed by atoms with Crippen LogP contribution in [0.4, 0.5) is 17.1 Å². The molecule has 0 radical (unpaired) electrons. The maximum atomic E-state index is 14.1. The molecule has 1 atom stereocenters. The third-order valence-corrected chi connectivity index (χ3v) is 6.41. The lowest BCUT2D eigenvalue weighted by atomic mass is 10.0. The number of rotatable bonds is 11. The highest BCUT2D eigenvalue weighted by molar-refractivity contribution is 7.09. The van der Waals surface area contributed by atoms with E-state index in [1.807, 2.05) is 31.1 Å². The van der Waals surface area contributed by atoms with Gasteiger partial charge in [-0.15, -0.1) is 0 Å². The van der Waals surface area contributed by atoms with E-state index in [0.29, 0.717) is 17.0 Å². The van der Waals surface area contributed by atoms with Crippen molar-refractivity contribution in [2.24, 2.45) is 5.73 Å². The van der Waals surface area contributed by atoms with Crippen LogP contribution in [-0.4, -0.2) is 63.6 Å². The monoisotopic (exact) mass is 526 g/mol. The standard InChI is InChI=1S/C25H30N6O5S/c1-30(2)16-11-9-15(10-12-16)21(24(33)28-13-14-35-3)31(17-7-5-6-8-18(17)36-4)25(34)22-19(26)20(23(27)32)29-37-22/h5-12,21H,13-14,26H2,1-4H3,(H2,27,32)(H,28,33)/t21-/m0/s1. The fourth-order valence-electron chi connectivity index (χ4n) is 3.68. The minimum absolute atomic E-state index is 0.0284. The highest BCUT2D eigenvalue weighted by Gasteiger charge is 2.37. The smallest absolute Gasteiger partial charge is 0.273 e. The van der Waals surface area contributed by atoms with Gasteiger partial charge in [0.15, 0.2) is 5.69 Å². The number of aromatic nitrogens is 1. The van der Waals surface area contributed by atoms with Gasteiger partial charge in [0.1, 0.15) is 16.7 Å². The summed E-state index contributed by atoms with van der Waals surface area (Å²) in [5.74, 6) is -1.60. The van der Waals surface area contributed by atoms with Crippen LogP contribution in [0.15, 0.2) is 48.5 Å². The Kier molecular flexibility index (Phi) is 9.04. The molecule has 1 heterocycles. The molecule has 5 N–H and O–H groups in total. The molecule has 0 unspecified atom stereocenters. The summed E-state index contributed by atoms with van der Waals surface area (Å²) in [5.41, 5.74) is 12.9. The number of para-hydroxylation sites is 2. The number of nitrogens with two attached hydrogens (primary N) is 2. The number of nitrogen functional groups attached to an aromatic ring is 1. The van der Waals surface area contributed by atoms with Crippen molar-refractivity contribution in [2.45, 2.75) is 6.04 Å². The molecule has 1 aromatic heterocycles. The van der Waals surface area contributed by atoms with Crippen LogP contribution in [-0.2, 0) is 9.53 Å². The molecule has 0 fully saturated rings. The summed E-state index contributed by atoms with van der Waals surface area (Å²) in [6.45, 7) is 0.508. The number of ether oxygens (including phenoxy) is 2. The average molecular weight is 527 g/mol. The number of hydrogen-bond donors (Lipinski definition) is 3. The maximum Gasteiger partial charge on any atom is 0.273 e. The number of anilines is 3. The molecule has 3 amide bonds. The van der Waals surface area contributed by atoms with Crippen LogP contribution in [0.3, 0.4) is 0 Å². The topological polar surface area (TPSA) is 153 Å². The lowest BCUT2D eigenvalue weighted by molar-refractivity contribution is -0.122. The summed E-state index contributed by atoms with van der Waals surface area (Å²) in [4.78, 5) is 42.7. The van der Waals surface area contributed by atoms with Gasteiger partial charge in [-0.25, -0.2) is 0 Å². The van der Waals surface area contributed by atoms with Gasteiger partial charge in [0, 0.05) is 33.4 Å². The highest BCUT2D eigenvalue weighted by Crippen LogP contribution is 2.38. The summed E-state index contributed by atoms with van der Waals surface area (Å²) in [7, 11) is 6.79. The summed E-state index contributed by atoms with van der Waals surface area (Å²) in [5, 5.41) is 2.82. The number of amides is 3. The van der Waals surface area contributed by atoms with Gasteiger partial charge in [0.05, 0.1) is 25.1 Å². The van der Waals surface area contributed by atoms with Crippen molar-refractivity contribution < 1.29 is 23.9 Å². The van der Waals surface area contributed by atoms with Crippen molar-refractivity contribution >= 4 is 46.3 Å². The molecule has 3 rings (SSSR count). The molecule has 0 bridgehead atoms. The van der Waals surface area contributed by atoms with Gasteiger partial charge >= 0.3 is 0 Å². The number of nitrogens with zero attached hydrogens (tertiary/aromatic N) is 3. The second-order valence-electron chi connectivity index (χ2n) is 8.16. The van der Waals surface area contributed by atoms with Crippen LogP contribution >= 0.6 is 11.5 Å². The Bertz CT molecular complexity index is 1260. The number of primary amides is 1. The predicted octanol–water partition coefficient (Wildman–Crippen LogP) is 2.05. The Labute approximate surface area is 219 Å². The van der Waals surface area contributed by atoms with E-state index in [4.69, 9.17) is 20.9 Å². The molecule has 12 heteroatoms. The van der Waals surface area contributed by atoms with Crippen molar-refractivity contribution in [1.29, 1.82) is 0 Å². The molecule has 2 aromatic carbocycles. The third kappa shape index (κ3) is 5.98. The maximum absolute atomic E-state index is 14.1.